The molecule has 0 unspecified atom stereocenters. The fourth-order valence-corrected chi connectivity index (χ4v) is 10.9. The minimum Gasteiger partial charge on any atom is -0.457 e. The Morgan fingerprint density at radius 2 is 0.676 bits per heavy atom. The van der Waals surface area contributed by atoms with Gasteiger partial charge in [0.05, 0.1) is 3.57 Å². The molecule has 0 aromatic heterocycles. The van der Waals surface area contributed by atoms with Crippen molar-refractivity contribution in [1.29, 1.82) is 0 Å². The largest absolute Gasteiger partial charge is 0.457 e. The van der Waals surface area contributed by atoms with E-state index in [0.29, 0.717) is 11.5 Å². The summed E-state index contributed by atoms with van der Waals surface area (Å²) in [6.07, 6.45) is -5.21. The van der Waals surface area contributed by atoms with Crippen molar-refractivity contribution in [1.82, 2.24) is 0 Å². The molecule has 2 nitrogen and oxygen atoms in total. The molecule has 0 aliphatic carbocycles. The molecule has 5 aromatic carbocycles. The molecule has 7 heteroatoms. The summed E-state index contributed by atoms with van der Waals surface area (Å²) >= 11 is 14.9. The van der Waals surface area contributed by atoms with Crippen LogP contribution in [0, 0.1) is 3.57 Å². The Morgan fingerprint density at radius 3 is 0.946 bits per heavy atom. The molecule has 184 valence electrons. The minimum atomic E-state index is -2.60. The topological polar surface area (TPSA) is 18.5 Å². The van der Waals surface area contributed by atoms with Crippen molar-refractivity contribution in [3.05, 3.63) is 143 Å². The molecule has 5 rings (SSSR count). The summed E-state index contributed by atoms with van der Waals surface area (Å²) in [6.45, 7) is 0. The Morgan fingerprint density at radius 1 is 0.405 bits per heavy atom. The lowest BCUT2D eigenvalue weighted by Crippen LogP contribution is -2.21. The third-order valence-corrected chi connectivity index (χ3v) is 14.6. The number of benzene rings is 5. The maximum Gasteiger partial charge on any atom is 0.171 e. The second-order valence-corrected chi connectivity index (χ2v) is 17.0. The zero-order chi connectivity index (χ0) is 25.7. The van der Waals surface area contributed by atoms with Gasteiger partial charge in [0.1, 0.15) is 11.5 Å². The van der Waals surface area contributed by atoms with Crippen molar-refractivity contribution < 1.29 is 9.05 Å². The van der Waals surface area contributed by atoms with Crippen LogP contribution >= 0.6 is 35.1 Å². The van der Waals surface area contributed by atoms with Crippen LogP contribution in [0.2, 0.25) is 0 Å². The lowest BCUT2D eigenvalue weighted by Gasteiger charge is -2.27. The molecule has 5 aromatic rings. The number of hydrogen-bond acceptors (Lipinski definition) is 4. The van der Waals surface area contributed by atoms with Crippen molar-refractivity contribution in [3.8, 4) is 11.5 Å². The molecule has 0 spiro atoms. The van der Waals surface area contributed by atoms with Crippen LogP contribution in [-0.4, -0.2) is 0 Å². The van der Waals surface area contributed by atoms with E-state index in [2.05, 4.69) is 22.6 Å². The van der Waals surface area contributed by atoms with Gasteiger partial charge in [-0.15, -0.1) is 0 Å². The van der Waals surface area contributed by atoms with Gasteiger partial charge in [-0.05, 0) is 58.3 Å². The zero-order valence-corrected chi connectivity index (χ0v) is 25.3. The van der Waals surface area contributed by atoms with Gasteiger partial charge in [-0.3, -0.25) is 0 Å². The summed E-state index contributed by atoms with van der Waals surface area (Å²) in [5.74, 6) is 1.38. The summed E-state index contributed by atoms with van der Waals surface area (Å²) in [5.41, 5.74) is 0. The van der Waals surface area contributed by atoms with Crippen molar-refractivity contribution in [2.45, 2.75) is 0 Å². The number of hydrogen-bond donors (Lipinski definition) is 0. The van der Waals surface area contributed by atoms with Crippen LogP contribution in [0.3, 0.4) is 0 Å². The van der Waals surface area contributed by atoms with E-state index in [0.717, 1.165) is 24.8 Å². The average Bonchev–Trinajstić information content (AvgIpc) is 2.97. The van der Waals surface area contributed by atoms with Gasteiger partial charge in [-0.25, -0.2) is 0 Å². The van der Waals surface area contributed by atoms with Gasteiger partial charge >= 0.3 is 0 Å². The standard InChI is InChI=1S/C30H23IO2P2S2/c31-30-28(32-34(36,24-14-5-1-6-15-24)25-16-7-2-8-17-25)22-13-23-29(30)33-35(37,26-18-9-3-10-19-26)27-20-11-4-12-21-27/h1-23H. The molecule has 0 heterocycles. The fourth-order valence-electron chi connectivity index (χ4n) is 3.91. The normalized spacial score (nSPS) is 11.6. The molecule has 0 saturated carbocycles. The first-order valence-electron chi connectivity index (χ1n) is 11.6. The van der Waals surface area contributed by atoms with E-state index < -0.39 is 12.5 Å². The van der Waals surface area contributed by atoms with Gasteiger partial charge in [-0.1, -0.05) is 127 Å². The lowest BCUT2D eigenvalue weighted by molar-refractivity contribution is 0.591. The van der Waals surface area contributed by atoms with Gasteiger partial charge in [-0.2, -0.15) is 0 Å². The predicted octanol–water partition coefficient (Wildman–Crippen LogP) is 7.14. The molecule has 0 aliphatic rings. The zero-order valence-electron chi connectivity index (χ0n) is 19.7. The SMILES string of the molecule is S=P(Oc1cccc(OP(=S)(c2ccccc2)c2ccccc2)c1I)(c1ccccc1)c1ccccc1. The second-order valence-electron chi connectivity index (χ2n) is 8.20. The summed E-state index contributed by atoms with van der Waals surface area (Å²) in [7, 11) is 0. The smallest absolute Gasteiger partial charge is 0.171 e. The quantitative estimate of drug-likeness (QED) is 0.129. The highest BCUT2D eigenvalue weighted by atomic mass is 127. The van der Waals surface area contributed by atoms with E-state index in [9.17, 15) is 0 Å². The van der Waals surface area contributed by atoms with E-state index >= 15 is 0 Å². The molecule has 0 atom stereocenters. The maximum atomic E-state index is 6.79. The van der Waals surface area contributed by atoms with Gasteiger partial charge < -0.3 is 9.05 Å². The molecule has 0 radical (unpaired) electrons. The highest BCUT2D eigenvalue weighted by Crippen LogP contribution is 2.51. The predicted molar refractivity (Wildman–Crippen MR) is 173 cm³/mol. The maximum absolute atomic E-state index is 6.79. The third-order valence-electron chi connectivity index (χ3n) is 5.77. The van der Waals surface area contributed by atoms with Crippen LogP contribution in [0.5, 0.6) is 11.5 Å². The first kappa shape index (κ1) is 26.3. The van der Waals surface area contributed by atoms with E-state index in [1.165, 1.54) is 0 Å². The van der Waals surface area contributed by atoms with Crippen LogP contribution < -0.4 is 30.3 Å². The second kappa shape index (κ2) is 11.6. The molecule has 0 bridgehead atoms. The first-order valence-corrected chi connectivity index (χ1v) is 18.1. The van der Waals surface area contributed by atoms with Gasteiger partial charge in [0.25, 0.3) is 0 Å². The minimum absolute atomic E-state index is 0.691. The van der Waals surface area contributed by atoms with Crippen LogP contribution in [0.25, 0.3) is 0 Å². The fraction of sp³-hybridized carbons (Fsp3) is 0. The molecule has 0 N–H and O–H groups in total. The number of halogens is 1. The Balaban J connectivity index is 1.58. The molecular weight excluding hydrogens is 645 g/mol. The number of rotatable bonds is 8. The monoisotopic (exact) mass is 668 g/mol. The van der Waals surface area contributed by atoms with Crippen molar-refractivity contribution >= 4 is 80.0 Å². The Labute approximate surface area is 242 Å². The summed E-state index contributed by atoms with van der Waals surface area (Å²) in [5, 5.41) is 3.99. The third kappa shape index (κ3) is 5.62. The Hall–Kier alpha value is -2.27. The highest BCUT2D eigenvalue weighted by Gasteiger charge is 2.29. The van der Waals surface area contributed by atoms with Crippen LogP contribution in [0.4, 0.5) is 0 Å². The molecule has 0 saturated heterocycles. The molecule has 0 aliphatic heterocycles. The summed E-state index contributed by atoms with van der Waals surface area (Å²) in [6, 6.07) is 46.2. The van der Waals surface area contributed by atoms with Crippen LogP contribution in [0.15, 0.2) is 140 Å². The molecule has 0 amide bonds. The highest BCUT2D eigenvalue weighted by molar-refractivity contribution is 14.1. The van der Waals surface area contributed by atoms with E-state index in [1.807, 2.05) is 140 Å². The van der Waals surface area contributed by atoms with Crippen molar-refractivity contribution in [2.24, 2.45) is 0 Å². The Bertz CT molecular complexity index is 1380. The van der Waals surface area contributed by atoms with Gasteiger partial charge in [0.2, 0.25) is 0 Å². The van der Waals surface area contributed by atoms with Crippen molar-refractivity contribution in [2.75, 3.05) is 0 Å². The van der Waals surface area contributed by atoms with E-state index in [4.69, 9.17) is 32.7 Å². The van der Waals surface area contributed by atoms with Gasteiger partial charge in [0.15, 0.2) is 12.5 Å². The van der Waals surface area contributed by atoms with Crippen molar-refractivity contribution in [3.63, 3.8) is 0 Å². The lowest BCUT2D eigenvalue weighted by atomic mass is 10.3. The Kier molecular flexibility index (Phi) is 8.28. The first-order chi connectivity index (χ1) is 18.0. The summed E-state index contributed by atoms with van der Waals surface area (Å²) in [4.78, 5) is 0. The van der Waals surface area contributed by atoms with E-state index in [-0.39, 0.29) is 0 Å². The molecule has 37 heavy (non-hydrogen) atoms. The average molecular weight is 668 g/mol. The van der Waals surface area contributed by atoms with Crippen LogP contribution in [-0.2, 0) is 23.6 Å². The van der Waals surface area contributed by atoms with Gasteiger partial charge in [0, 0.05) is 21.2 Å². The molecular formula is C30H23IO2P2S2. The van der Waals surface area contributed by atoms with E-state index in [1.54, 1.807) is 0 Å². The summed E-state index contributed by atoms with van der Waals surface area (Å²) < 4.78 is 14.4. The van der Waals surface area contributed by atoms with Crippen LogP contribution in [0.1, 0.15) is 0 Å². The molecule has 0 fully saturated rings.